The Morgan fingerprint density at radius 1 is 1.03 bits per heavy atom. The number of benzene rings is 2. The molecular weight excluding hydrogens is 372 g/mol. The number of fused-ring (bicyclic) bond motifs is 3. The Hall–Kier alpha value is -3.61. The number of anilines is 1. The molecule has 2 aliphatic heterocycles. The molecule has 0 aliphatic carbocycles. The van der Waals surface area contributed by atoms with E-state index in [-0.39, 0.29) is 18.5 Å². The summed E-state index contributed by atoms with van der Waals surface area (Å²) in [7, 11) is 4.72. The van der Waals surface area contributed by atoms with Gasteiger partial charge in [-0.2, -0.15) is 0 Å². The highest BCUT2D eigenvalue weighted by atomic mass is 16.5. The average molecular weight is 392 g/mol. The molecule has 3 aromatic rings. The van der Waals surface area contributed by atoms with Crippen molar-refractivity contribution in [2.45, 2.75) is 5.92 Å². The van der Waals surface area contributed by atoms with Gasteiger partial charge in [-0.05, 0) is 35.4 Å². The van der Waals surface area contributed by atoms with Crippen LogP contribution in [0.25, 0.3) is 10.9 Å². The van der Waals surface area contributed by atoms with Gasteiger partial charge in [-0.25, -0.2) is 4.79 Å². The fraction of sp³-hybridized carbons (Fsp3) is 0.227. The minimum atomic E-state index is -0.316. The molecule has 148 valence electrons. The van der Waals surface area contributed by atoms with Crippen LogP contribution >= 0.6 is 0 Å². The normalized spacial score (nSPS) is 17.5. The van der Waals surface area contributed by atoms with Crippen molar-refractivity contribution in [3.8, 4) is 17.2 Å². The quantitative estimate of drug-likeness (QED) is 0.661. The van der Waals surface area contributed by atoms with E-state index in [2.05, 4.69) is 10.3 Å². The lowest BCUT2D eigenvalue weighted by Gasteiger charge is -2.28. The minimum Gasteiger partial charge on any atom is -0.493 e. The predicted octanol–water partition coefficient (Wildman–Crippen LogP) is 3.56. The Morgan fingerprint density at radius 2 is 1.79 bits per heavy atom. The smallest absolute Gasteiger partial charge is 0.337 e. The standard InChI is InChI=1S/C22H20N2O5/c1-26-16-8-11(9-17(27-2)21(16)28-3)18-13-4-5-14-12(6-7-23-14)20(13)24-15-10-29-22(25)19(15)18/h4-9,18,23-24H,10H2,1-3H3. The number of nitrogens with one attached hydrogen (secondary N) is 2. The molecule has 2 aromatic carbocycles. The first-order valence-corrected chi connectivity index (χ1v) is 9.23. The summed E-state index contributed by atoms with van der Waals surface area (Å²) in [5.41, 5.74) is 5.25. The summed E-state index contributed by atoms with van der Waals surface area (Å²) in [5, 5.41) is 4.49. The molecule has 5 rings (SSSR count). The first-order chi connectivity index (χ1) is 14.2. The fourth-order valence-corrected chi connectivity index (χ4v) is 4.26. The molecule has 7 nitrogen and oxygen atoms in total. The molecule has 0 spiro atoms. The van der Waals surface area contributed by atoms with Crippen LogP contribution in [0, 0.1) is 0 Å². The summed E-state index contributed by atoms with van der Waals surface area (Å²) in [6.45, 7) is 0.231. The molecule has 0 saturated heterocycles. The molecule has 1 aromatic heterocycles. The number of aromatic nitrogens is 1. The second kappa shape index (κ2) is 6.48. The van der Waals surface area contributed by atoms with Crippen LogP contribution in [-0.2, 0) is 9.53 Å². The molecule has 29 heavy (non-hydrogen) atoms. The highest BCUT2D eigenvalue weighted by Gasteiger charge is 2.39. The van der Waals surface area contributed by atoms with E-state index in [4.69, 9.17) is 18.9 Å². The van der Waals surface area contributed by atoms with E-state index in [1.54, 1.807) is 21.3 Å². The zero-order valence-electron chi connectivity index (χ0n) is 16.3. The maximum Gasteiger partial charge on any atom is 0.337 e. The van der Waals surface area contributed by atoms with Crippen molar-refractivity contribution in [2.24, 2.45) is 0 Å². The molecule has 0 amide bonds. The second-order valence-corrected chi connectivity index (χ2v) is 6.95. The van der Waals surface area contributed by atoms with Crippen LogP contribution in [0.15, 0.2) is 47.8 Å². The minimum absolute atomic E-state index is 0.231. The van der Waals surface area contributed by atoms with Crippen LogP contribution in [-0.4, -0.2) is 38.9 Å². The zero-order valence-corrected chi connectivity index (χ0v) is 16.3. The second-order valence-electron chi connectivity index (χ2n) is 6.95. The van der Waals surface area contributed by atoms with Crippen LogP contribution in [0.1, 0.15) is 17.0 Å². The Balaban J connectivity index is 1.78. The first kappa shape index (κ1) is 17.5. The number of rotatable bonds is 4. The highest BCUT2D eigenvalue weighted by molar-refractivity contribution is 6.02. The summed E-state index contributed by atoms with van der Waals surface area (Å²) in [5.74, 6) is 0.962. The third kappa shape index (κ3) is 2.47. The summed E-state index contributed by atoms with van der Waals surface area (Å²) in [4.78, 5) is 15.9. The van der Waals surface area contributed by atoms with Gasteiger partial charge in [0.15, 0.2) is 11.5 Å². The van der Waals surface area contributed by atoms with Gasteiger partial charge in [0, 0.05) is 23.0 Å². The molecule has 2 aliphatic rings. The number of aromatic amines is 1. The Morgan fingerprint density at radius 3 is 2.48 bits per heavy atom. The van der Waals surface area contributed by atoms with Crippen molar-refractivity contribution < 1.29 is 23.7 Å². The van der Waals surface area contributed by atoms with Gasteiger partial charge in [-0.15, -0.1) is 0 Å². The van der Waals surface area contributed by atoms with Gasteiger partial charge in [-0.3, -0.25) is 0 Å². The Labute approximate surface area is 167 Å². The van der Waals surface area contributed by atoms with Gasteiger partial charge in [0.25, 0.3) is 0 Å². The number of ether oxygens (including phenoxy) is 4. The SMILES string of the molecule is COc1cc(C2C3=C(COC3=O)Nc3c2ccc2[nH]ccc32)cc(OC)c1OC. The Kier molecular flexibility index (Phi) is 3.91. The molecular formula is C22H20N2O5. The number of carbonyl (C=O) groups excluding carboxylic acids is 1. The highest BCUT2D eigenvalue weighted by Crippen LogP contribution is 2.49. The number of carbonyl (C=O) groups is 1. The van der Waals surface area contributed by atoms with Crippen LogP contribution in [0.5, 0.6) is 17.2 Å². The number of hydrogen-bond donors (Lipinski definition) is 2. The van der Waals surface area contributed by atoms with E-state index < -0.39 is 0 Å². The van der Waals surface area contributed by atoms with Gasteiger partial charge >= 0.3 is 5.97 Å². The van der Waals surface area contributed by atoms with Gasteiger partial charge in [0.05, 0.1) is 38.3 Å². The number of esters is 1. The van der Waals surface area contributed by atoms with E-state index in [1.165, 1.54) is 0 Å². The van der Waals surface area contributed by atoms with Crippen molar-refractivity contribution >= 4 is 22.6 Å². The fourth-order valence-electron chi connectivity index (χ4n) is 4.26. The molecule has 0 fully saturated rings. The largest absolute Gasteiger partial charge is 0.493 e. The molecule has 7 heteroatoms. The summed E-state index contributed by atoms with van der Waals surface area (Å²) in [6, 6.07) is 9.85. The van der Waals surface area contributed by atoms with Crippen molar-refractivity contribution in [1.82, 2.24) is 4.98 Å². The van der Waals surface area contributed by atoms with Crippen LogP contribution in [0.3, 0.4) is 0 Å². The van der Waals surface area contributed by atoms with Crippen molar-refractivity contribution in [3.63, 3.8) is 0 Å². The number of methoxy groups -OCH3 is 3. The van der Waals surface area contributed by atoms with Crippen LogP contribution < -0.4 is 19.5 Å². The van der Waals surface area contributed by atoms with Crippen molar-refractivity contribution in [2.75, 3.05) is 33.3 Å². The number of hydrogen-bond acceptors (Lipinski definition) is 6. The summed E-state index contributed by atoms with van der Waals surface area (Å²) < 4.78 is 21.9. The van der Waals surface area contributed by atoms with E-state index in [9.17, 15) is 4.79 Å². The lowest BCUT2D eigenvalue weighted by atomic mass is 9.80. The molecule has 1 unspecified atom stereocenters. The summed E-state index contributed by atoms with van der Waals surface area (Å²) in [6.07, 6.45) is 1.90. The van der Waals surface area contributed by atoms with Gasteiger partial charge in [0.2, 0.25) is 5.75 Å². The number of cyclic esters (lactones) is 1. The third-order valence-electron chi connectivity index (χ3n) is 5.56. The molecule has 0 bridgehead atoms. The van der Waals surface area contributed by atoms with Gasteiger partial charge in [-0.1, -0.05) is 6.07 Å². The van der Waals surface area contributed by atoms with Crippen molar-refractivity contribution in [1.29, 1.82) is 0 Å². The zero-order chi connectivity index (χ0) is 20.1. The summed E-state index contributed by atoms with van der Waals surface area (Å²) >= 11 is 0. The van der Waals surface area contributed by atoms with E-state index >= 15 is 0 Å². The molecule has 3 heterocycles. The molecule has 1 atom stereocenters. The van der Waals surface area contributed by atoms with E-state index in [0.717, 1.165) is 33.4 Å². The van der Waals surface area contributed by atoms with E-state index in [0.29, 0.717) is 22.8 Å². The van der Waals surface area contributed by atoms with Gasteiger partial charge < -0.3 is 29.2 Å². The predicted molar refractivity (Wildman–Crippen MR) is 108 cm³/mol. The molecule has 2 N–H and O–H groups in total. The average Bonchev–Trinajstić information content (AvgIpc) is 3.38. The maximum atomic E-state index is 12.6. The first-order valence-electron chi connectivity index (χ1n) is 9.23. The van der Waals surface area contributed by atoms with Crippen LogP contribution in [0.4, 0.5) is 5.69 Å². The van der Waals surface area contributed by atoms with Crippen molar-refractivity contribution in [3.05, 3.63) is 58.9 Å². The monoisotopic (exact) mass is 392 g/mol. The van der Waals surface area contributed by atoms with Gasteiger partial charge in [0.1, 0.15) is 6.61 Å². The molecule has 0 radical (unpaired) electrons. The topological polar surface area (TPSA) is 81.8 Å². The third-order valence-corrected chi connectivity index (χ3v) is 5.56. The molecule has 0 saturated carbocycles. The number of H-pyrrole nitrogens is 1. The lowest BCUT2D eigenvalue weighted by Crippen LogP contribution is -2.20. The van der Waals surface area contributed by atoms with Crippen LogP contribution in [0.2, 0.25) is 0 Å². The maximum absolute atomic E-state index is 12.6. The van der Waals surface area contributed by atoms with E-state index in [1.807, 2.05) is 36.5 Å². The lowest BCUT2D eigenvalue weighted by molar-refractivity contribution is -0.136. The Bertz CT molecular complexity index is 1150.